The quantitative estimate of drug-likeness (QED) is 0.322. The van der Waals surface area contributed by atoms with E-state index in [1.54, 1.807) is 18.4 Å². The summed E-state index contributed by atoms with van der Waals surface area (Å²) in [6, 6.07) is 10.0. The Morgan fingerprint density at radius 1 is 1.19 bits per heavy atom. The molecule has 1 saturated heterocycles. The van der Waals surface area contributed by atoms with Crippen LogP contribution in [-0.2, 0) is 25.7 Å². The number of hydrogen-bond acceptors (Lipinski definition) is 7. The van der Waals surface area contributed by atoms with Crippen LogP contribution in [0.4, 0.5) is 0 Å². The van der Waals surface area contributed by atoms with Crippen molar-refractivity contribution >= 4 is 23.1 Å². The third-order valence-electron chi connectivity index (χ3n) is 6.91. The average Bonchev–Trinajstić information content (AvgIpc) is 3.49. The van der Waals surface area contributed by atoms with Crippen LogP contribution in [0, 0.1) is 5.92 Å². The van der Waals surface area contributed by atoms with Crippen LogP contribution in [0.25, 0.3) is 11.1 Å². The number of Topliss-reactive ketones (excluding diaryl/α,β-unsaturated/α-hetero) is 1. The van der Waals surface area contributed by atoms with E-state index in [2.05, 4.69) is 22.4 Å². The number of allylic oxidation sites excluding steroid dienone is 2. The smallest absolute Gasteiger partial charge is 0.303 e. The van der Waals surface area contributed by atoms with Gasteiger partial charge in [0.05, 0.1) is 39.1 Å². The van der Waals surface area contributed by atoms with Crippen molar-refractivity contribution in [1.29, 1.82) is 0 Å². The number of morpholine rings is 1. The molecule has 0 radical (unpaired) electrons. The Morgan fingerprint density at radius 3 is 2.69 bits per heavy atom. The molecular weight excluding hydrogens is 478 g/mol. The van der Waals surface area contributed by atoms with Crippen molar-refractivity contribution in [3.63, 3.8) is 0 Å². The number of carboxylic acids is 1. The highest BCUT2D eigenvalue weighted by atomic mass is 32.1. The predicted octanol–water partition coefficient (Wildman–Crippen LogP) is 4.80. The lowest BCUT2D eigenvalue weighted by atomic mass is 9.95. The molecule has 0 spiro atoms. The van der Waals surface area contributed by atoms with Gasteiger partial charge in [-0.25, -0.2) is 0 Å². The van der Waals surface area contributed by atoms with E-state index >= 15 is 0 Å². The molecular formula is C28H35NO6S. The highest BCUT2D eigenvalue weighted by molar-refractivity contribution is 7.10. The summed E-state index contributed by atoms with van der Waals surface area (Å²) in [4.78, 5) is 27.2. The highest BCUT2D eigenvalue weighted by Gasteiger charge is 2.45. The van der Waals surface area contributed by atoms with Gasteiger partial charge in [0.15, 0.2) is 5.78 Å². The number of aliphatic carboxylic acids is 1. The van der Waals surface area contributed by atoms with Gasteiger partial charge < -0.3 is 19.3 Å². The van der Waals surface area contributed by atoms with Gasteiger partial charge in [0.1, 0.15) is 5.75 Å². The summed E-state index contributed by atoms with van der Waals surface area (Å²) >= 11 is 1.67. The van der Waals surface area contributed by atoms with Gasteiger partial charge in [-0.15, -0.1) is 11.3 Å². The number of unbranched alkanes of at least 4 members (excludes halogenated alkanes) is 1. The Morgan fingerprint density at radius 2 is 1.97 bits per heavy atom. The van der Waals surface area contributed by atoms with E-state index in [0.717, 1.165) is 47.7 Å². The number of carbonyl (C=O) groups excluding carboxylic acids is 1. The van der Waals surface area contributed by atoms with Crippen LogP contribution in [0.2, 0.25) is 0 Å². The van der Waals surface area contributed by atoms with E-state index in [1.165, 1.54) is 0 Å². The number of nitrogens with zero attached hydrogens (tertiary/aromatic N) is 1. The lowest BCUT2D eigenvalue weighted by Crippen LogP contribution is -2.49. The molecule has 1 aromatic carbocycles. The molecule has 0 bridgehead atoms. The number of methoxy groups -OCH3 is 1. The number of thiophene rings is 1. The lowest BCUT2D eigenvalue weighted by Gasteiger charge is -2.35. The Balaban J connectivity index is 1.39. The van der Waals surface area contributed by atoms with Gasteiger partial charge in [-0.1, -0.05) is 24.3 Å². The second kappa shape index (κ2) is 13.1. The first-order chi connectivity index (χ1) is 17.5. The number of benzene rings is 1. The number of hydrogen-bond donors (Lipinski definition) is 1. The summed E-state index contributed by atoms with van der Waals surface area (Å²) in [7, 11) is 1.66. The minimum absolute atomic E-state index is 0.0762. The Hall–Kier alpha value is -2.52. The normalized spacial score (nSPS) is 22.9. The number of carboxylic acid groups (broad SMARTS) is 1. The second-order valence-corrected chi connectivity index (χ2v) is 10.3. The summed E-state index contributed by atoms with van der Waals surface area (Å²) in [6.45, 7) is 3.30. The summed E-state index contributed by atoms with van der Waals surface area (Å²) in [5, 5.41) is 11.0. The van der Waals surface area contributed by atoms with Crippen LogP contribution in [-0.4, -0.2) is 67.3 Å². The summed E-state index contributed by atoms with van der Waals surface area (Å²) < 4.78 is 17.1. The molecule has 4 rings (SSSR count). The van der Waals surface area contributed by atoms with Crippen LogP contribution in [0.15, 0.2) is 47.9 Å². The summed E-state index contributed by atoms with van der Waals surface area (Å²) in [6.07, 6.45) is 6.69. The number of ketones is 1. The molecule has 1 saturated carbocycles. The van der Waals surface area contributed by atoms with E-state index in [-0.39, 0.29) is 30.3 Å². The first-order valence-corrected chi connectivity index (χ1v) is 13.5. The SMILES string of the molecule is COc1ccc(-c2csc(COC3CC(=O)C(N4CCOCC4)C3C/C=C/CCCC(=O)O)c2)cc1. The molecule has 3 atom stereocenters. The van der Waals surface area contributed by atoms with Gasteiger partial charge in [-0.3, -0.25) is 14.5 Å². The fraction of sp³-hybridized carbons (Fsp3) is 0.500. The standard InChI is InChI=1S/C28H35NO6S/c1-33-22-10-8-20(9-11-22)21-16-23(36-19-21)18-35-26-17-25(30)28(29-12-14-34-15-13-29)24(26)6-4-2-3-5-7-27(31)32/h2,4,8-11,16,19,24,26,28H,3,5-7,12-15,17-18H2,1H3,(H,31,32)/b4-2+. The highest BCUT2D eigenvalue weighted by Crippen LogP contribution is 2.35. The zero-order valence-electron chi connectivity index (χ0n) is 20.8. The fourth-order valence-electron chi connectivity index (χ4n) is 5.03. The molecule has 2 fully saturated rings. The third kappa shape index (κ3) is 7.03. The molecule has 1 N–H and O–H groups in total. The van der Waals surface area contributed by atoms with Gasteiger partial charge in [0.2, 0.25) is 0 Å². The minimum atomic E-state index is -0.769. The Labute approximate surface area is 216 Å². The van der Waals surface area contributed by atoms with Crippen molar-refractivity contribution in [3.05, 3.63) is 52.7 Å². The van der Waals surface area contributed by atoms with Crippen molar-refractivity contribution in [2.75, 3.05) is 33.4 Å². The number of carbonyl (C=O) groups is 2. The summed E-state index contributed by atoms with van der Waals surface area (Å²) in [5.74, 6) is 0.387. The molecule has 8 heteroatoms. The van der Waals surface area contributed by atoms with Gasteiger partial charge in [0.25, 0.3) is 0 Å². The maximum Gasteiger partial charge on any atom is 0.303 e. The van der Waals surface area contributed by atoms with Gasteiger partial charge >= 0.3 is 5.97 Å². The molecule has 7 nitrogen and oxygen atoms in total. The second-order valence-electron chi connectivity index (χ2n) is 9.30. The molecule has 2 heterocycles. The zero-order valence-corrected chi connectivity index (χ0v) is 21.6. The maximum absolute atomic E-state index is 13.1. The molecule has 3 unspecified atom stereocenters. The van der Waals surface area contributed by atoms with Crippen LogP contribution in [0.3, 0.4) is 0 Å². The molecule has 1 aromatic heterocycles. The van der Waals surface area contributed by atoms with Gasteiger partial charge in [-0.2, -0.15) is 0 Å². The van der Waals surface area contributed by atoms with Crippen LogP contribution >= 0.6 is 11.3 Å². The molecule has 1 aliphatic heterocycles. The molecule has 36 heavy (non-hydrogen) atoms. The largest absolute Gasteiger partial charge is 0.497 e. The van der Waals surface area contributed by atoms with Crippen molar-refractivity contribution in [1.82, 2.24) is 4.90 Å². The van der Waals surface area contributed by atoms with E-state index in [4.69, 9.17) is 19.3 Å². The third-order valence-corrected chi connectivity index (χ3v) is 7.82. The minimum Gasteiger partial charge on any atom is -0.497 e. The first-order valence-electron chi connectivity index (χ1n) is 12.6. The summed E-state index contributed by atoms with van der Waals surface area (Å²) in [5.41, 5.74) is 2.28. The van der Waals surface area contributed by atoms with Crippen LogP contribution in [0.5, 0.6) is 5.75 Å². The topological polar surface area (TPSA) is 85.3 Å². The molecule has 194 valence electrons. The number of rotatable bonds is 12. The van der Waals surface area contributed by atoms with Gasteiger partial charge in [0, 0.05) is 36.7 Å². The molecule has 2 aromatic rings. The lowest BCUT2D eigenvalue weighted by molar-refractivity contribution is -0.137. The van der Waals surface area contributed by atoms with E-state index < -0.39 is 5.97 Å². The Kier molecular flexibility index (Phi) is 9.69. The zero-order chi connectivity index (χ0) is 25.3. The van der Waals surface area contributed by atoms with Gasteiger partial charge in [-0.05, 0) is 54.0 Å². The van der Waals surface area contributed by atoms with Crippen molar-refractivity contribution in [2.24, 2.45) is 5.92 Å². The fourth-order valence-corrected chi connectivity index (χ4v) is 5.84. The molecule has 2 aliphatic rings. The van der Waals surface area contributed by atoms with E-state index in [0.29, 0.717) is 32.7 Å². The first kappa shape index (κ1) is 26.5. The Bertz CT molecular complexity index is 1030. The van der Waals surface area contributed by atoms with Crippen LogP contribution < -0.4 is 4.74 Å². The van der Waals surface area contributed by atoms with Crippen LogP contribution in [0.1, 0.15) is 37.0 Å². The monoisotopic (exact) mass is 513 g/mol. The maximum atomic E-state index is 13.1. The average molecular weight is 514 g/mol. The van der Waals surface area contributed by atoms with E-state index in [9.17, 15) is 9.59 Å². The predicted molar refractivity (Wildman–Crippen MR) is 139 cm³/mol. The molecule has 1 aliphatic carbocycles. The molecule has 0 amide bonds. The van der Waals surface area contributed by atoms with Crippen molar-refractivity contribution < 1.29 is 28.9 Å². The van der Waals surface area contributed by atoms with E-state index in [1.807, 2.05) is 30.3 Å². The van der Waals surface area contributed by atoms with Crippen molar-refractivity contribution in [3.8, 4) is 16.9 Å². The number of ether oxygens (including phenoxy) is 3. The van der Waals surface area contributed by atoms with Crippen molar-refractivity contribution in [2.45, 2.75) is 50.9 Å².